The first-order valence-electron chi connectivity index (χ1n) is 9.89. The van der Waals surface area contributed by atoms with E-state index < -0.39 is 11.9 Å². The number of amides is 2. The van der Waals surface area contributed by atoms with Crippen LogP contribution in [0.2, 0.25) is 10.0 Å². The van der Waals surface area contributed by atoms with E-state index >= 15 is 0 Å². The molecule has 0 bridgehead atoms. The lowest BCUT2D eigenvalue weighted by Crippen LogP contribution is -2.41. The normalized spacial score (nSPS) is 15.4. The van der Waals surface area contributed by atoms with Crippen LogP contribution in [0.4, 0.5) is 5.69 Å². The number of benzene rings is 2. The van der Waals surface area contributed by atoms with E-state index in [1.54, 1.807) is 25.1 Å². The van der Waals surface area contributed by atoms with E-state index in [0.717, 1.165) is 26.1 Å². The Morgan fingerprint density at radius 1 is 1.10 bits per heavy atom. The molecule has 0 spiro atoms. The molecule has 0 aromatic heterocycles. The van der Waals surface area contributed by atoms with Crippen molar-refractivity contribution in [3.8, 4) is 0 Å². The molecule has 1 saturated heterocycles. The van der Waals surface area contributed by atoms with E-state index in [0.29, 0.717) is 10.7 Å². The third kappa shape index (κ3) is 6.38. The zero-order chi connectivity index (χ0) is 21.5. The molecule has 0 radical (unpaired) electrons. The predicted molar refractivity (Wildman–Crippen MR) is 126 cm³/mol. The van der Waals surface area contributed by atoms with Crippen LogP contribution in [0, 0.1) is 0 Å². The third-order valence-corrected chi connectivity index (χ3v) is 6.74. The van der Waals surface area contributed by atoms with Gasteiger partial charge in [-0.1, -0.05) is 41.4 Å². The molecule has 5 nitrogen and oxygen atoms in total. The van der Waals surface area contributed by atoms with Gasteiger partial charge in [0.25, 0.3) is 5.91 Å². The lowest BCUT2D eigenvalue weighted by Gasteiger charge is -2.26. The van der Waals surface area contributed by atoms with Gasteiger partial charge in [-0.15, -0.1) is 0 Å². The van der Waals surface area contributed by atoms with Crippen molar-refractivity contribution in [2.75, 3.05) is 36.5 Å². The van der Waals surface area contributed by atoms with Gasteiger partial charge >= 0.3 is 0 Å². The number of hydrogen-bond acceptors (Lipinski definition) is 4. The SMILES string of the molecule is CC(NC(=O)c1cccc(Cl)c1Cl)C(=O)Nc1ccc(CCN2CCSCC2)cc1. The second kappa shape index (κ2) is 11.0. The summed E-state index contributed by atoms with van der Waals surface area (Å²) >= 11 is 14.0. The first-order valence-corrected chi connectivity index (χ1v) is 11.8. The van der Waals surface area contributed by atoms with Gasteiger partial charge in [0.1, 0.15) is 6.04 Å². The Kier molecular flexibility index (Phi) is 8.45. The van der Waals surface area contributed by atoms with Crippen LogP contribution in [0.25, 0.3) is 0 Å². The van der Waals surface area contributed by atoms with E-state index in [9.17, 15) is 9.59 Å². The summed E-state index contributed by atoms with van der Waals surface area (Å²) in [5.74, 6) is 1.67. The van der Waals surface area contributed by atoms with Crippen LogP contribution in [-0.2, 0) is 11.2 Å². The summed E-state index contributed by atoms with van der Waals surface area (Å²) < 4.78 is 0. The lowest BCUT2D eigenvalue weighted by atomic mass is 10.1. The van der Waals surface area contributed by atoms with Gasteiger partial charge in [-0.25, -0.2) is 0 Å². The minimum Gasteiger partial charge on any atom is -0.340 e. The summed E-state index contributed by atoms with van der Waals surface area (Å²) in [6.45, 7) is 4.99. The maximum Gasteiger partial charge on any atom is 0.253 e. The Morgan fingerprint density at radius 2 is 1.80 bits per heavy atom. The van der Waals surface area contributed by atoms with Crippen LogP contribution in [-0.4, -0.2) is 53.9 Å². The fourth-order valence-corrected chi connectivity index (χ4v) is 4.50. The quantitative estimate of drug-likeness (QED) is 0.638. The Hall–Kier alpha value is -1.73. The molecule has 2 aromatic carbocycles. The van der Waals surface area contributed by atoms with Crippen molar-refractivity contribution < 1.29 is 9.59 Å². The number of carbonyl (C=O) groups excluding carboxylic acids is 2. The van der Waals surface area contributed by atoms with Gasteiger partial charge in [0.05, 0.1) is 15.6 Å². The summed E-state index contributed by atoms with van der Waals surface area (Å²) in [5, 5.41) is 5.94. The maximum absolute atomic E-state index is 12.5. The molecule has 1 fully saturated rings. The van der Waals surface area contributed by atoms with Crippen LogP contribution in [0.5, 0.6) is 0 Å². The zero-order valence-electron chi connectivity index (χ0n) is 16.8. The van der Waals surface area contributed by atoms with Crippen LogP contribution in [0.1, 0.15) is 22.8 Å². The monoisotopic (exact) mass is 465 g/mol. The molecule has 1 aliphatic heterocycles. The van der Waals surface area contributed by atoms with Gasteiger partial charge in [-0.2, -0.15) is 11.8 Å². The predicted octanol–water partition coefficient (Wildman–Crippen LogP) is 4.34. The van der Waals surface area contributed by atoms with E-state index in [-0.39, 0.29) is 16.5 Å². The molecule has 1 atom stereocenters. The number of carbonyl (C=O) groups is 2. The van der Waals surface area contributed by atoms with Gasteiger partial charge in [0, 0.05) is 36.8 Å². The highest BCUT2D eigenvalue weighted by Crippen LogP contribution is 2.25. The van der Waals surface area contributed by atoms with Crippen LogP contribution in [0.3, 0.4) is 0 Å². The average molecular weight is 466 g/mol. The maximum atomic E-state index is 12.5. The highest BCUT2D eigenvalue weighted by molar-refractivity contribution is 7.99. The van der Waals surface area contributed by atoms with Crippen molar-refractivity contribution in [1.29, 1.82) is 0 Å². The van der Waals surface area contributed by atoms with E-state index in [1.165, 1.54) is 17.1 Å². The van der Waals surface area contributed by atoms with Gasteiger partial charge in [0.15, 0.2) is 0 Å². The summed E-state index contributed by atoms with van der Waals surface area (Å²) in [7, 11) is 0. The number of nitrogens with one attached hydrogen (secondary N) is 2. The summed E-state index contributed by atoms with van der Waals surface area (Å²) in [4.78, 5) is 27.3. The molecule has 30 heavy (non-hydrogen) atoms. The van der Waals surface area contributed by atoms with Crippen LogP contribution < -0.4 is 10.6 Å². The largest absolute Gasteiger partial charge is 0.340 e. The number of nitrogens with zero attached hydrogens (tertiary/aromatic N) is 1. The topological polar surface area (TPSA) is 61.4 Å². The second-order valence-corrected chi connectivity index (χ2v) is 9.20. The Bertz CT molecular complexity index is 886. The number of rotatable bonds is 7. The van der Waals surface area contributed by atoms with Gasteiger partial charge < -0.3 is 15.5 Å². The van der Waals surface area contributed by atoms with Crippen molar-refractivity contribution in [3.05, 3.63) is 63.6 Å². The Labute approximate surface area is 191 Å². The third-order valence-electron chi connectivity index (χ3n) is 4.98. The molecule has 3 rings (SSSR count). The summed E-state index contributed by atoms with van der Waals surface area (Å²) in [6.07, 6.45) is 0.992. The average Bonchev–Trinajstić information content (AvgIpc) is 2.75. The number of halogens is 2. The fraction of sp³-hybridized carbons (Fsp3) is 0.364. The molecule has 0 saturated carbocycles. The van der Waals surface area contributed by atoms with Gasteiger partial charge in [0.2, 0.25) is 5.91 Å². The fourth-order valence-electron chi connectivity index (χ4n) is 3.14. The molecule has 2 aromatic rings. The molecule has 1 aliphatic rings. The van der Waals surface area contributed by atoms with Gasteiger partial charge in [-0.05, 0) is 43.2 Å². The lowest BCUT2D eigenvalue weighted by molar-refractivity contribution is -0.117. The van der Waals surface area contributed by atoms with Crippen molar-refractivity contribution in [2.24, 2.45) is 0 Å². The number of hydrogen-bond donors (Lipinski definition) is 2. The molecule has 2 N–H and O–H groups in total. The number of thioether (sulfide) groups is 1. The summed E-state index contributed by atoms with van der Waals surface area (Å²) in [5.41, 5.74) is 2.17. The van der Waals surface area contributed by atoms with Crippen LogP contribution >= 0.6 is 35.0 Å². The van der Waals surface area contributed by atoms with E-state index in [2.05, 4.69) is 15.5 Å². The number of anilines is 1. The van der Waals surface area contributed by atoms with Crippen LogP contribution in [0.15, 0.2) is 42.5 Å². The minimum absolute atomic E-state index is 0.170. The molecule has 2 amide bonds. The Balaban J connectivity index is 1.49. The molecule has 8 heteroatoms. The molecular weight excluding hydrogens is 441 g/mol. The van der Waals surface area contributed by atoms with Crippen molar-refractivity contribution >= 4 is 52.5 Å². The van der Waals surface area contributed by atoms with E-state index in [1.807, 2.05) is 36.0 Å². The first-order chi connectivity index (χ1) is 14.4. The molecule has 0 aliphatic carbocycles. The highest BCUT2D eigenvalue weighted by Gasteiger charge is 2.19. The molecule has 1 heterocycles. The van der Waals surface area contributed by atoms with Crippen molar-refractivity contribution in [1.82, 2.24) is 10.2 Å². The van der Waals surface area contributed by atoms with Gasteiger partial charge in [-0.3, -0.25) is 9.59 Å². The molecular formula is C22H25Cl2N3O2S. The van der Waals surface area contributed by atoms with Crippen molar-refractivity contribution in [3.63, 3.8) is 0 Å². The van der Waals surface area contributed by atoms with Crippen molar-refractivity contribution in [2.45, 2.75) is 19.4 Å². The smallest absolute Gasteiger partial charge is 0.253 e. The minimum atomic E-state index is -0.732. The standard InChI is InChI=1S/C22H25Cl2N3O2S/c1-15(25-22(29)18-3-2-4-19(23)20(18)24)21(28)26-17-7-5-16(6-8-17)9-10-27-11-13-30-14-12-27/h2-8,15H,9-14H2,1H3,(H,25,29)(H,26,28). The molecule has 1 unspecified atom stereocenters. The zero-order valence-corrected chi connectivity index (χ0v) is 19.1. The first kappa shape index (κ1) is 22.9. The second-order valence-electron chi connectivity index (χ2n) is 7.19. The summed E-state index contributed by atoms with van der Waals surface area (Å²) in [6, 6.07) is 11.9. The molecule has 160 valence electrons. The highest BCUT2D eigenvalue weighted by atomic mass is 35.5. The Morgan fingerprint density at radius 3 is 2.50 bits per heavy atom. The van der Waals surface area contributed by atoms with E-state index in [4.69, 9.17) is 23.2 Å².